The molecule has 4 aromatic rings. The zero-order valence-electron chi connectivity index (χ0n) is 18.5. The van der Waals surface area contributed by atoms with Gasteiger partial charge >= 0.3 is 0 Å². The number of anilines is 1. The van der Waals surface area contributed by atoms with Crippen LogP contribution in [-0.4, -0.2) is 20.0 Å². The van der Waals surface area contributed by atoms with E-state index in [1.54, 1.807) is 6.20 Å². The van der Waals surface area contributed by atoms with Crippen molar-refractivity contribution in [3.63, 3.8) is 0 Å². The van der Waals surface area contributed by atoms with Crippen LogP contribution < -0.4 is 10.9 Å². The second kappa shape index (κ2) is 9.32. The summed E-state index contributed by atoms with van der Waals surface area (Å²) in [6, 6.07) is 18.1. The molecule has 2 heterocycles. The quantitative estimate of drug-likeness (QED) is 0.414. The van der Waals surface area contributed by atoms with E-state index in [2.05, 4.69) is 21.4 Å². The minimum Gasteiger partial charge on any atom is -0.340 e. The lowest BCUT2D eigenvalue weighted by Crippen LogP contribution is -2.35. The molecule has 0 atom stereocenters. The minimum atomic E-state index is -0.0967. The van der Waals surface area contributed by atoms with E-state index in [-0.39, 0.29) is 5.56 Å². The molecule has 0 aliphatic heterocycles. The first-order valence-electron chi connectivity index (χ1n) is 10.5. The third kappa shape index (κ3) is 4.86. The van der Waals surface area contributed by atoms with Crippen LogP contribution in [0.2, 0.25) is 0 Å². The molecule has 2 N–H and O–H groups in total. The molecule has 2 aromatic carbocycles. The largest absolute Gasteiger partial charge is 0.340 e. The summed E-state index contributed by atoms with van der Waals surface area (Å²) in [5, 5.41) is 4.88. The van der Waals surface area contributed by atoms with E-state index in [1.807, 2.05) is 80.4 Å². The van der Waals surface area contributed by atoms with E-state index in [4.69, 9.17) is 12.2 Å². The number of aromatic nitrogens is 2. The number of hydrogen-bond acceptors (Lipinski definition) is 3. The summed E-state index contributed by atoms with van der Waals surface area (Å²) in [6.07, 6.45) is 3.56. The molecule has 2 aromatic heterocycles. The number of benzene rings is 2. The van der Waals surface area contributed by atoms with Crippen molar-refractivity contribution in [2.75, 3.05) is 5.32 Å². The van der Waals surface area contributed by atoms with E-state index in [9.17, 15) is 4.79 Å². The van der Waals surface area contributed by atoms with Crippen LogP contribution in [0.15, 0.2) is 71.8 Å². The van der Waals surface area contributed by atoms with Gasteiger partial charge in [-0.2, -0.15) is 0 Å². The first-order valence-corrected chi connectivity index (χ1v) is 10.9. The summed E-state index contributed by atoms with van der Waals surface area (Å²) in [6.45, 7) is 7.04. The number of thiocarbonyl (C=S) groups is 1. The van der Waals surface area contributed by atoms with Crippen LogP contribution in [0.4, 0.5) is 5.69 Å². The van der Waals surface area contributed by atoms with E-state index in [0.717, 1.165) is 33.3 Å². The van der Waals surface area contributed by atoms with Crippen LogP contribution in [0.3, 0.4) is 0 Å². The Morgan fingerprint density at radius 2 is 1.84 bits per heavy atom. The van der Waals surface area contributed by atoms with Gasteiger partial charge in [-0.25, -0.2) is 0 Å². The Kier molecular flexibility index (Phi) is 6.32. The zero-order chi connectivity index (χ0) is 22.7. The molecule has 0 bridgehead atoms. The number of nitrogens with zero attached hydrogens (tertiary/aromatic N) is 2. The topological polar surface area (TPSA) is 61.0 Å². The average Bonchev–Trinajstić information content (AvgIpc) is 2.79. The lowest BCUT2D eigenvalue weighted by Gasteiger charge is -2.26. The van der Waals surface area contributed by atoms with Crippen molar-refractivity contribution in [2.45, 2.75) is 33.9 Å². The van der Waals surface area contributed by atoms with Gasteiger partial charge in [0.25, 0.3) is 5.56 Å². The molecule has 162 valence electrons. The number of H-pyrrole nitrogens is 1. The Morgan fingerprint density at radius 3 is 2.56 bits per heavy atom. The smallest absolute Gasteiger partial charge is 0.253 e. The second-order valence-electron chi connectivity index (χ2n) is 8.11. The van der Waals surface area contributed by atoms with Crippen molar-refractivity contribution in [2.24, 2.45) is 0 Å². The van der Waals surface area contributed by atoms with Crippen LogP contribution in [0.5, 0.6) is 0 Å². The Hall–Kier alpha value is -3.51. The van der Waals surface area contributed by atoms with Gasteiger partial charge in [0.1, 0.15) is 0 Å². The van der Waals surface area contributed by atoms with Crippen molar-refractivity contribution in [1.29, 1.82) is 0 Å². The lowest BCUT2D eigenvalue weighted by molar-refractivity contribution is 0.410. The number of rotatable bonds is 5. The highest BCUT2D eigenvalue weighted by molar-refractivity contribution is 7.80. The fourth-order valence-corrected chi connectivity index (χ4v) is 3.89. The Bertz CT molecular complexity index is 1310. The van der Waals surface area contributed by atoms with Gasteiger partial charge in [0, 0.05) is 30.2 Å². The van der Waals surface area contributed by atoms with Gasteiger partial charge in [-0.3, -0.25) is 9.78 Å². The highest BCUT2D eigenvalue weighted by Crippen LogP contribution is 2.20. The number of fused-ring (bicyclic) bond motifs is 1. The first kappa shape index (κ1) is 21.7. The molecule has 5 nitrogen and oxygen atoms in total. The molecule has 6 heteroatoms. The summed E-state index contributed by atoms with van der Waals surface area (Å²) in [5.74, 6) is 0. The fraction of sp³-hybridized carbons (Fsp3) is 0.192. The number of hydrogen-bond donors (Lipinski definition) is 2. The Balaban J connectivity index is 1.66. The third-order valence-corrected chi connectivity index (χ3v) is 6.04. The zero-order valence-corrected chi connectivity index (χ0v) is 19.3. The van der Waals surface area contributed by atoms with E-state index in [0.29, 0.717) is 23.8 Å². The van der Waals surface area contributed by atoms with Gasteiger partial charge in [-0.1, -0.05) is 35.9 Å². The molecule has 0 unspecified atom stereocenters. The van der Waals surface area contributed by atoms with Gasteiger partial charge in [0.15, 0.2) is 5.11 Å². The van der Waals surface area contributed by atoms with Crippen molar-refractivity contribution >= 4 is 33.9 Å². The predicted molar refractivity (Wildman–Crippen MR) is 135 cm³/mol. The first-order chi connectivity index (χ1) is 15.4. The maximum atomic E-state index is 12.9. The standard InChI is InChI=1S/C26H26N4OS/c1-17-6-10-23(11-7-17)28-26(32)30(15-20-5-4-12-27-14-20)16-22-13-21-9-8-18(2)19(3)24(21)29-25(22)31/h4-14H,15-16H2,1-3H3,(H,28,32)(H,29,31). The summed E-state index contributed by atoms with van der Waals surface area (Å²) < 4.78 is 0. The normalized spacial score (nSPS) is 10.8. The van der Waals surface area contributed by atoms with E-state index < -0.39 is 0 Å². The molecule has 0 aliphatic carbocycles. The van der Waals surface area contributed by atoms with Crippen molar-refractivity contribution in [3.05, 3.63) is 105 Å². The van der Waals surface area contributed by atoms with Gasteiger partial charge in [0.05, 0.1) is 12.1 Å². The molecule has 32 heavy (non-hydrogen) atoms. The van der Waals surface area contributed by atoms with Gasteiger partial charge in [-0.15, -0.1) is 0 Å². The summed E-state index contributed by atoms with van der Waals surface area (Å²) in [4.78, 5) is 22.2. The predicted octanol–water partition coefficient (Wildman–Crippen LogP) is 5.25. The molecular weight excluding hydrogens is 416 g/mol. The molecule has 0 aliphatic rings. The van der Waals surface area contributed by atoms with Crippen LogP contribution in [-0.2, 0) is 13.1 Å². The van der Waals surface area contributed by atoms with Crippen molar-refractivity contribution in [1.82, 2.24) is 14.9 Å². The second-order valence-corrected chi connectivity index (χ2v) is 8.50. The Morgan fingerprint density at radius 1 is 1.06 bits per heavy atom. The molecule has 4 rings (SSSR count). The summed E-state index contributed by atoms with van der Waals surface area (Å²) in [7, 11) is 0. The third-order valence-electron chi connectivity index (χ3n) is 5.68. The molecule has 0 fully saturated rings. The number of pyridine rings is 2. The van der Waals surface area contributed by atoms with E-state index in [1.165, 1.54) is 5.56 Å². The molecule has 0 radical (unpaired) electrons. The van der Waals surface area contributed by atoms with E-state index >= 15 is 0 Å². The highest BCUT2D eigenvalue weighted by atomic mass is 32.1. The SMILES string of the molecule is Cc1ccc(NC(=S)N(Cc2cccnc2)Cc2cc3ccc(C)c(C)c3[nH]c2=O)cc1. The number of aromatic amines is 1. The lowest BCUT2D eigenvalue weighted by atomic mass is 10.0. The van der Waals surface area contributed by atoms with Gasteiger partial charge < -0.3 is 15.2 Å². The molecule has 0 saturated carbocycles. The van der Waals surface area contributed by atoms with Crippen LogP contribution in [0.25, 0.3) is 10.9 Å². The highest BCUT2D eigenvalue weighted by Gasteiger charge is 2.15. The van der Waals surface area contributed by atoms with Crippen molar-refractivity contribution < 1.29 is 0 Å². The van der Waals surface area contributed by atoms with Gasteiger partial charge in [0.2, 0.25) is 0 Å². The van der Waals surface area contributed by atoms with Crippen molar-refractivity contribution in [3.8, 4) is 0 Å². The number of aryl methyl sites for hydroxylation is 3. The minimum absolute atomic E-state index is 0.0967. The van der Waals surface area contributed by atoms with Crippen LogP contribution >= 0.6 is 12.2 Å². The summed E-state index contributed by atoms with van der Waals surface area (Å²) in [5.41, 5.74) is 6.81. The maximum absolute atomic E-state index is 12.9. The van der Waals surface area contributed by atoms with Gasteiger partial charge in [-0.05, 0) is 79.3 Å². The average molecular weight is 443 g/mol. The maximum Gasteiger partial charge on any atom is 0.253 e. The molecular formula is C26H26N4OS. The molecule has 0 saturated heterocycles. The molecule has 0 amide bonds. The monoisotopic (exact) mass is 442 g/mol. The Labute approximate surface area is 193 Å². The number of nitrogens with one attached hydrogen (secondary N) is 2. The van der Waals surface area contributed by atoms with Crippen LogP contribution in [0.1, 0.15) is 27.8 Å². The van der Waals surface area contributed by atoms with Crippen LogP contribution in [0, 0.1) is 20.8 Å². The molecule has 0 spiro atoms. The fourth-order valence-electron chi connectivity index (χ4n) is 3.64. The summed E-state index contributed by atoms with van der Waals surface area (Å²) >= 11 is 5.75.